The molecule has 0 unspecified atom stereocenters. The van der Waals surface area contributed by atoms with Crippen molar-refractivity contribution in [1.82, 2.24) is 14.9 Å². The van der Waals surface area contributed by atoms with E-state index in [1.54, 1.807) is 0 Å². The molecule has 0 bridgehead atoms. The van der Waals surface area contributed by atoms with Crippen molar-refractivity contribution in [3.05, 3.63) is 36.0 Å². The standard InChI is InChI=1S/C14H17N3.C5H11N.C2H6/c1-4-5-8-13-14(17(2)3)16-12-10-7-6-9-11(12)15-13;1-6-4-2-3-5-6;1-2/h5-10H,4H2,1-3H3;2-5H2,1H3;1-2H3/b8-5+;;. The number of fused-ring (bicyclic) bond motifs is 1. The van der Waals surface area contributed by atoms with Gasteiger partial charge in [-0.25, -0.2) is 9.97 Å². The molecule has 0 aliphatic carbocycles. The number of anilines is 1. The van der Waals surface area contributed by atoms with E-state index in [9.17, 15) is 0 Å². The minimum absolute atomic E-state index is 0.911. The van der Waals surface area contributed by atoms with Gasteiger partial charge < -0.3 is 9.80 Å². The number of para-hydroxylation sites is 2. The fourth-order valence-electron chi connectivity index (χ4n) is 2.55. The Morgan fingerprint density at radius 1 is 1.04 bits per heavy atom. The zero-order chi connectivity index (χ0) is 18.7. The zero-order valence-corrected chi connectivity index (χ0v) is 16.8. The summed E-state index contributed by atoms with van der Waals surface area (Å²) in [5.41, 5.74) is 2.80. The molecule has 2 aromatic rings. The second-order valence-electron chi connectivity index (χ2n) is 6.14. The lowest BCUT2D eigenvalue weighted by Crippen LogP contribution is -2.13. The molecule has 0 N–H and O–H groups in total. The lowest BCUT2D eigenvalue weighted by Gasteiger charge is -2.14. The largest absolute Gasteiger partial charge is 0.361 e. The fraction of sp³-hybridized carbons (Fsp3) is 0.524. The van der Waals surface area contributed by atoms with E-state index in [1.807, 2.05) is 63.2 Å². The molecule has 3 rings (SSSR count). The third-order valence-corrected chi connectivity index (χ3v) is 3.84. The fourth-order valence-corrected chi connectivity index (χ4v) is 2.55. The maximum atomic E-state index is 4.64. The van der Waals surface area contributed by atoms with E-state index in [4.69, 9.17) is 0 Å². The molecule has 0 saturated carbocycles. The molecule has 2 heterocycles. The first-order chi connectivity index (χ1) is 12.1. The zero-order valence-electron chi connectivity index (χ0n) is 16.8. The number of benzene rings is 1. The summed E-state index contributed by atoms with van der Waals surface area (Å²) in [6.45, 7) is 8.75. The Hall–Kier alpha value is -1.94. The van der Waals surface area contributed by atoms with Crippen LogP contribution in [0.1, 0.15) is 45.7 Å². The number of rotatable bonds is 3. The Morgan fingerprint density at radius 3 is 2.04 bits per heavy atom. The second-order valence-corrected chi connectivity index (χ2v) is 6.14. The quantitative estimate of drug-likeness (QED) is 0.797. The van der Waals surface area contributed by atoms with Gasteiger partial charge in [0.2, 0.25) is 0 Å². The van der Waals surface area contributed by atoms with Gasteiger partial charge in [0, 0.05) is 14.1 Å². The molecule has 0 amide bonds. The molecule has 1 aliphatic heterocycles. The van der Waals surface area contributed by atoms with E-state index in [2.05, 4.69) is 34.9 Å². The van der Waals surface area contributed by atoms with E-state index < -0.39 is 0 Å². The maximum absolute atomic E-state index is 4.64. The van der Waals surface area contributed by atoms with E-state index in [0.29, 0.717) is 0 Å². The molecular formula is C21H34N4. The molecule has 1 aromatic carbocycles. The smallest absolute Gasteiger partial charge is 0.154 e. The van der Waals surface area contributed by atoms with Crippen LogP contribution in [0.3, 0.4) is 0 Å². The van der Waals surface area contributed by atoms with Crippen LogP contribution in [0.4, 0.5) is 5.82 Å². The highest BCUT2D eigenvalue weighted by molar-refractivity contribution is 5.79. The Balaban J connectivity index is 0.000000326. The highest BCUT2D eigenvalue weighted by Gasteiger charge is 2.07. The van der Waals surface area contributed by atoms with E-state index >= 15 is 0 Å². The number of allylic oxidation sites excluding steroid dienone is 1. The van der Waals surface area contributed by atoms with Crippen LogP contribution in [0.5, 0.6) is 0 Å². The molecule has 138 valence electrons. The van der Waals surface area contributed by atoms with Gasteiger partial charge in [-0.3, -0.25) is 0 Å². The molecule has 0 atom stereocenters. The number of aromatic nitrogens is 2. The Labute approximate surface area is 153 Å². The van der Waals surface area contributed by atoms with Crippen LogP contribution in [0, 0.1) is 0 Å². The highest BCUT2D eigenvalue weighted by atomic mass is 15.1. The summed E-state index contributed by atoms with van der Waals surface area (Å²) >= 11 is 0. The van der Waals surface area contributed by atoms with Crippen LogP contribution in [-0.2, 0) is 0 Å². The first kappa shape index (κ1) is 21.1. The van der Waals surface area contributed by atoms with Crippen molar-refractivity contribution in [2.45, 2.75) is 40.0 Å². The summed E-state index contributed by atoms with van der Waals surface area (Å²) in [5, 5.41) is 0. The molecule has 0 spiro atoms. The Bertz CT molecular complexity index is 643. The summed E-state index contributed by atoms with van der Waals surface area (Å²) in [5.74, 6) is 0.911. The van der Waals surface area contributed by atoms with Crippen LogP contribution in [-0.4, -0.2) is 49.1 Å². The van der Waals surface area contributed by atoms with Gasteiger partial charge in [-0.15, -0.1) is 0 Å². The average Bonchev–Trinajstić information content (AvgIpc) is 3.12. The third kappa shape index (κ3) is 6.83. The molecule has 1 aromatic heterocycles. The summed E-state index contributed by atoms with van der Waals surface area (Å²) in [6, 6.07) is 7.95. The van der Waals surface area contributed by atoms with Crippen molar-refractivity contribution in [2.75, 3.05) is 39.1 Å². The monoisotopic (exact) mass is 342 g/mol. The molecule has 0 radical (unpaired) electrons. The predicted molar refractivity (Wildman–Crippen MR) is 111 cm³/mol. The topological polar surface area (TPSA) is 32.3 Å². The van der Waals surface area contributed by atoms with Crippen LogP contribution in [0.2, 0.25) is 0 Å². The van der Waals surface area contributed by atoms with Gasteiger partial charge in [-0.2, -0.15) is 0 Å². The number of nitrogens with zero attached hydrogens (tertiary/aromatic N) is 4. The van der Waals surface area contributed by atoms with Crippen molar-refractivity contribution in [2.24, 2.45) is 0 Å². The van der Waals surface area contributed by atoms with E-state index in [1.165, 1.54) is 25.9 Å². The van der Waals surface area contributed by atoms with Crippen LogP contribution in [0.25, 0.3) is 17.1 Å². The molecule has 1 aliphatic rings. The minimum Gasteiger partial charge on any atom is -0.361 e. The SMILES string of the molecule is CC.CC/C=C/c1nc2ccccc2nc1N(C)C.CN1CCCC1. The molecular weight excluding hydrogens is 308 g/mol. The first-order valence-corrected chi connectivity index (χ1v) is 9.41. The van der Waals surface area contributed by atoms with Crippen LogP contribution < -0.4 is 4.90 Å². The molecule has 4 heteroatoms. The molecule has 4 nitrogen and oxygen atoms in total. The Kier molecular flexibility index (Phi) is 9.78. The molecule has 1 saturated heterocycles. The lowest BCUT2D eigenvalue weighted by molar-refractivity contribution is 0.418. The van der Waals surface area contributed by atoms with E-state index in [-0.39, 0.29) is 0 Å². The van der Waals surface area contributed by atoms with Crippen LogP contribution >= 0.6 is 0 Å². The van der Waals surface area contributed by atoms with Gasteiger partial charge in [0.1, 0.15) is 5.69 Å². The van der Waals surface area contributed by atoms with E-state index in [0.717, 1.165) is 29.0 Å². The number of hydrogen-bond donors (Lipinski definition) is 0. The van der Waals surface area contributed by atoms with Crippen molar-refractivity contribution < 1.29 is 0 Å². The maximum Gasteiger partial charge on any atom is 0.154 e. The summed E-state index contributed by atoms with van der Waals surface area (Å²) in [7, 11) is 6.15. The normalized spacial score (nSPS) is 14.0. The minimum atomic E-state index is 0.911. The molecule has 1 fully saturated rings. The van der Waals surface area contributed by atoms with Crippen molar-refractivity contribution in [3.8, 4) is 0 Å². The highest BCUT2D eigenvalue weighted by Crippen LogP contribution is 2.20. The Morgan fingerprint density at radius 2 is 1.60 bits per heavy atom. The number of hydrogen-bond acceptors (Lipinski definition) is 4. The second kappa shape index (κ2) is 11.6. The van der Waals surface area contributed by atoms with Gasteiger partial charge in [-0.1, -0.05) is 39.0 Å². The van der Waals surface area contributed by atoms with Gasteiger partial charge in [0.25, 0.3) is 0 Å². The average molecular weight is 343 g/mol. The summed E-state index contributed by atoms with van der Waals surface area (Å²) in [6.07, 6.45) is 7.97. The van der Waals surface area contributed by atoms with Crippen molar-refractivity contribution >= 4 is 22.9 Å². The summed E-state index contributed by atoms with van der Waals surface area (Å²) in [4.78, 5) is 13.6. The van der Waals surface area contributed by atoms with Crippen molar-refractivity contribution in [3.63, 3.8) is 0 Å². The molecule has 25 heavy (non-hydrogen) atoms. The van der Waals surface area contributed by atoms with Gasteiger partial charge in [0.05, 0.1) is 11.0 Å². The lowest BCUT2D eigenvalue weighted by atomic mass is 10.2. The predicted octanol–water partition coefficient (Wildman–Crippen LogP) is 4.86. The first-order valence-electron chi connectivity index (χ1n) is 9.41. The summed E-state index contributed by atoms with van der Waals surface area (Å²) < 4.78 is 0. The van der Waals surface area contributed by atoms with Gasteiger partial charge in [-0.05, 0) is 57.6 Å². The van der Waals surface area contributed by atoms with Gasteiger partial charge in [0.15, 0.2) is 5.82 Å². The van der Waals surface area contributed by atoms with Gasteiger partial charge >= 0.3 is 0 Å². The van der Waals surface area contributed by atoms with Crippen LogP contribution in [0.15, 0.2) is 30.3 Å². The van der Waals surface area contributed by atoms with Crippen molar-refractivity contribution in [1.29, 1.82) is 0 Å². The number of likely N-dealkylation sites (tertiary alicyclic amines) is 1. The third-order valence-electron chi connectivity index (χ3n) is 3.84.